The zero-order valence-electron chi connectivity index (χ0n) is 14.0. The Morgan fingerprint density at radius 1 is 1.13 bits per heavy atom. The summed E-state index contributed by atoms with van der Waals surface area (Å²) in [5.74, 6) is 0.938. The molecule has 0 radical (unpaired) electrons. The third-order valence-corrected chi connectivity index (χ3v) is 8.03. The van der Waals surface area contributed by atoms with Crippen LogP contribution in [0.3, 0.4) is 0 Å². The van der Waals surface area contributed by atoms with Crippen molar-refractivity contribution in [3.05, 3.63) is 0 Å². The standard InChI is InChI=1S/C19H26FNO2/c1-18-5-3-10(22)7-14(18)16(21)8-11-12(18)4-6-19(2)13(11)9-15(20)17(19)23/h11-15,21H,3-9H2,1-2H3/t11?,12?,13?,14?,15-,18-,19+/m1/s1. The molecule has 0 spiro atoms. The number of hydrogen-bond donors (Lipinski definition) is 1. The van der Waals surface area contributed by atoms with E-state index in [-0.39, 0.29) is 34.7 Å². The molecule has 4 fully saturated rings. The molecule has 4 aliphatic rings. The number of alkyl halides is 1. The van der Waals surface area contributed by atoms with E-state index in [0.717, 1.165) is 19.3 Å². The largest absolute Gasteiger partial charge is 0.309 e. The van der Waals surface area contributed by atoms with Gasteiger partial charge in [-0.3, -0.25) is 9.59 Å². The first-order chi connectivity index (χ1) is 10.8. The monoisotopic (exact) mass is 319 g/mol. The highest BCUT2D eigenvalue weighted by molar-refractivity contribution is 5.94. The summed E-state index contributed by atoms with van der Waals surface area (Å²) in [5.41, 5.74) is 0.155. The molecule has 0 saturated heterocycles. The minimum Gasteiger partial charge on any atom is -0.309 e. The zero-order valence-corrected chi connectivity index (χ0v) is 14.0. The van der Waals surface area contributed by atoms with E-state index < -0.39 is 11.6 Å². The van der Waals surface area contributed by atoms with Gasteiger partial charge in [-0.1, -0.05) is 13.8 Å². The van der Waals surface area contributed by atoms with E-state index in [1.54, 1.807) is 0 Å². The topological polar surface area (TPSA) is 58.0 Å². The fourth-order valence-corrected chi connectivity index (χ4v) is 6.65. The lowest BCUT2D eigenvalue weighted by Gasteiger charge is -2.59. The first-order valence-corrected chi connectivity index (χ1v) is 9.05. The Balaban J connectivity index is 1.71. The summed E-state index contributed by atoms with van der Waals surface area (Å²) in [6, 6.07) is 0. The van der Waals surface area contributed by atoms with Gasteiger partial charge in [0.1, 0.15) is 5.78 Å². The second-order valence-corrected chi connectivity index (χ2v) is 8.93. The fourth-order valence-electron chi connectivity index (χ4n) is 6.65. The van der Waals surface area contributed by atoms with Gasteiger partial charge >= 0.3 is 0 Å². The number of carbonyl (C=O) groups excluding carboxylic acids is 2. The van der Waals surface area contributed by atoms with Crippen LogP contribution in [0.25, 0.3) is 0 Å². The molecular weight excluding hydrogens is 293 g/mol. The van der Waals surface area contributed by atoms with Crippen LogP contribution >= 0.6 is 0 Å². The number of nitrogens with one attached hydrogen (secondary N) is 1. The minimum absolute atomic E-state index is 0.00725. The Bertz CT molecular complexity index is 602. The third-order valence-electron chi connectivity index (χ3n) is 8.03. The molecule has 1 N–H and O–H groups in total. The van der Waals surface area contributed by atoms with Crippen molar-refractivity contribution in [2.45, 2.75) is 65.0 Å². The van der Waals surface area contributed by atoms with Gasteiger partial charge in [0.2, 0.25) is 0 Å². The number of carbonyl (C=O) groups is 2. The van der Waals surface area contributed by atoms with Gasteiger partial charge < -0.3 is 5.41 Å². The first kappa shape index (κ1) is 15.5. The Morgan fingerprint density at radius 2 is 1.87 bits per heavy atom. The quantitative estimate of drug-likeness (QED) is 0.739. The Kier molecular flexibility index (Phi) is 3.18. The maximum Gasteiger partial charge on any atom is 0.173 e. The van der Waals surface area contributed by atoms with Gasteiger partial charge in [0.05, 0.1) is 0 Å². The Hall–Kier alpha value is -1.06. The summed E-state index contributed by atoms with van der Waals surface area (Å²) in [6.45, 7) is 4.21. The molecule has 4 rings (SSSR count). The van der Waals surface area contributed by atoms with E-state index in [4.69, 9.17) is 5.41 Å². The summed E-state index contributed by atoms with van der Waals surface area (Å²) in [5, 5.41) is 8.54. The number of rotatable bonds is 0. The highest BCUT2D eigenvalue weighted by Crippen LogP contribution is 2.64. The van der Waals surface area contributed by atoms with E-state index in [2.05, 4.69) is 6.92 Å². The molecule has 0 bridgehead atoms. The lowest BCUT2D eigenvalue weighted by atomic mass is 9.45. The van der Waals surface area contributed by atoms with Gasteiger partial charge in [0.25, 0.3) is 0 Å². The van der Waals surface area contributed by atoms with Crippen LogP contribution < -0.4 is 0 Å². The molecule has 3 nitrogen and oxygen atoms in total. The van der Waals surface area contributed by atoms with Crippen molar-refractivity contribution in [3.63, 3.8) is 0 Å². The van der Waals surface area contributed by atoms with Gasteiger partial charge in [-0.15, -0.1) is 0 Å². The number of hydrogen-bond acceptors (Lipinski definition) is 3. The molecule has 4 saturated carbocycles. The second-order valence-electron chi connectivity index (χ2n) is 8.93. The average molecular weight is 319 g/mol. The Labute approximate surface area is 136 Å². The van der Waals surface area contributed by atoms with Crippen LogP contribution in [-0.4, -0.2) is 23.4 Å². The molecule has 0 aromatic rings. The number of Topliss-reactive ketones (excluding diaryl/α,β-unsaturated/α-hetero) is 2. The fraction of sp³-hybridized carbons (Fsp3) is 0.842. The van der Waals surface area contributed by atoms with Crippen molar-refractivity contribution < 1.29 is 14.0 Å². The molecule has 126 valence electrons. The summed E-state index contributed by atoms with van der Waals surface area (Å²) in [7, 11) is 0. The van der Waals surface area contributed by atoms with Crippen LogP contribution in [0, 0.1) is 39.9 Å². The summed E-state index contributed by atoms with van der Waals surface area (Å²) < 4.78 is 14.2. The highest BCUT2D eigenvalue weighted by Gasteiger charge is 2.63. The molecule has 0 aromatic carbocycles. The molecule has 4 heteroatoms. The lowest BCUT2D eigenvalue weighted by molar-refractivity contribution is -0.137. The van der Waals surface area contributed by atoms with Gasteiger partial charge in [0.15, 0.2) is 12.0 Å². The van der Waals surface area contributed by atoms with E-state index in [0.29, 0.717) is 37.3 Å². The maximum absolute atomic E-state index is 14.2. The van der Waals surface area contributed by atoms with Crippen molar-refractivity contribution in [2.24, 2.45) is 34.5 Å². The predicted octanol–water partition coefficient (Wildman–Crippen LogP) is 3.74. The predicted molar refractivity (Wildman–Crippen MR) is 85.1 cm³/mol. The molecule has 23 heavy (non-hydrogen) atoms. The first-order valence-electron chi connectivity index (χ1n) is 9.05. The molecule has 0 aromatic heterocycles. The molecule has 0 heterocycles. The second kappa shape index (κ2) is 4.73. The summed E-state index contributed by atoms with van der Waals surface area (Å²) >= 11 is 0. The van der Waals surface area contributed by atoms with Crippen LogP contribution in [0.4, 0.5) is 4.39 Å². The van der Waals surface area contributed by atoms with Gasteiger partial charge in [-0.05, 0) is 55.3 Å². The maximum atomic E-state index is 14.2. The number of fused-ring (bicyclic) bond motifs is 5. The Morgan fingerprint density at radius 3 is 2.61 bits per heavy atom. The zero-order chi connectivity index (χ0) is 16.6. The molecule has 0 amide bonds. The smallest absolute Gasteiger partial charge is 0.173 e. The van der Waals surface area contributed by atoms with Crippen molar-refractivity contribution in [1.82, 2.24) is 0 Å². The molecular formula is C19H26FNO2. The van der Waals surface area contributed by atoms with Crippen molar-refractivity contribution in [3.8, 4) is 0 Å². The van der Waals surface area contributed by atoms with Crippen LogP contribution in [-0.2, 0) is 9.59 Å². The van der Waals surface area contributed by atoms with Gasteiger partial charge in [0, 0.05) is 29.9 Å². The number of halogens is 1. The van der Waals surface area contributed by atoms with Gasteiger partial charge in [-0.2, -0.15) is 0 Å². The summed E-state index contributed by atoms with van der Waals surface area (Å²) in [6.07, 6.45) is 3.43. The normalized spacial score (nSPS) is 52.8. The van der Waals surface area contributed by atoms with Crippen molar-refractivity contribution >= 4 is 17.3 Å². The van der Waals surface area contributed by atoms with Gasteiger partial charge in [-0.25, -0.2) is 4.39 Å². The molecule has 4 unspecified atom stereocenters. The van der Waals surface area contributed by atoms with Crippen LogP contribution in [0.5, 0.6) is 0 Å². The lowest BCUT2D eigenvalue weighted by Crippen LogP contribution is -2.56. The van der Waals surface area contributed by atoms with E-state index in [9.17, 15) is 14.0 Å². The van der Waals surface area contributed by atoms with E-state index in [1.165, 1.54) is 0 Å². The van der Waals surface area contributed by atoms with E-state index in [1.807, 2.05) is 6.92 Å². The minimum atomic E-state index is -1.31. The van der Waals surface area contributed by atoms with Crippen LogP contribution in [0.1, 0.15) is 58.8 Å². The summed E-state index contributed by atoms with van der Waals surface area (Å²) in [4.78, 5) is 24.2. The van der Waals surface area contributed by atoms with E-state index >= 15 is 0 Å². The van der Waals surface area contributed by atoms with Crippen LogP contribution in [0.2, 0.25) is 0 Å². The van der Waals surface area contributed by atoms with Crippen LogP contribution in [0.15, 0.2) is 0 Å². The third kappa shape index (κ3) is 1.90. The SMILES string of the molecule is C[C@]12CCC(=O)CC1C(=N)CC1C2CC[C@]2(C)C(=O)[C@H](F)CC12. The highest BCUT2D eigenvalue weighted by atomic mass is 19.1. The van der Waals surface area contributed by atoms with Crippen molar-refractivity contribution in [2.75, 3.05) is 0 Å². The number of ketones is 2. The molecule has 4 aliphatic carbocycles. The average Bonchev–Trinajstić information content (AvgIpc) is 2.73. The van der Waals surface area contributed by atoms with Crippen molar-refractivity contribution in [1.29, 1.82) is 5.41 Å². The molecule has 0 aliphatic heterocycles. The molecule has 7 atom stereocenters.